The van der Waals surface area contributed by atoms with E-state index in [2.05, 4.69) is 11.8 Å². The molecule has 1 aliphatic heterocycles. The lowest BCUT2D eigenvalue weighted by molar-refractivity contribution is -0.135. The van der Waals surface area contributed by atoms with Crippen molar-refractivity contribution >= 4 is 5.78 Å². The van der Waals surface area contributed by atoms with E-state index in [-0.39, 0.29) is 17.8 Å². The Kier molecular flexibility index (Phi) is 5.20. The molecule has 0 aliphatic carbocycles. The van der Waals surface area contributed by atoms with Crippen LogP contribution in [0.4, 0.5) is 8.78 Å². The second-order valence-corrected chi connectivity index (χ2v) is 5.00. The van der Waals surface area contributed by atoms with Gasteiger partial charge in [-0.3, -0.25) is 9.69 Å². The van der Waals surface area contributed by atoms with Gasteiger partial charge >= 0.3 is 0 Å². The summed E-state index contributed by atoms with van der Waals surface area (Å²) in [5.74, 6) is -1.63. The normalized spacial score (nSPS) is 20.1. The molecule has 2 rings (SSSR count). The van der Waals surface area contributed by atoms with Gasteiger partial charge in [-0.2, -0.15) is 0 Å². The minimum Gasteiger partial charge on any atom is -0.368 e. The fourth-order valence-electron chi connectivity index (χ4n) is 2.41. The first kappa shape index (κ1) is 15.1. The molecule has 0 amide bonds. The Morgan fingerprint density at radius 2 is 2.10 bits per heavy atom. The smallest absolute Gasteiger partial charge is 0.167 e. The van der Waals surface area contributed by atoms with E-state index < -0.39 is 17.7 Å². The number of hydrogen-bond acceptors (Lipinski definition) is 3. The molecular weight excluding hydrogens is 264 g/mol. The van der Waals surface area contributed by atoms with Gasteiger partial charge in [0.25, 0.3) is 0 Å². The van der Waals surface area contributed by atoms with Gasteiger partial charge in [-0.05, 0) is 25.1 Å². The first-order chi connectivity index (χ1) is 9.61. The van der Waals surface area contributed by atoms with Crippen LogP contribution in [0, 0.1) is 11.6 Å². The fourth-order valence-corrected chi connectivity index (χ4v) is 2.41. The highest BCUT2D eigenvalue weighted by Gasteiger charge is 2.27. The summed E-state index contributed by atoms with van der Waals surface area (Å²) in [5.41, 5.74) is -0.172. The molecule has 1 unspecified atom stereocenters. The first-order valence-electron chi connectivity index (χ1n) is 6.91. The summed E-state index contributed by atoms with van der Waals surface area (Å²) in [5, 5.41) is 0. The molecule has 1 heterocycles. The molecule has 1 atom stereocenters. The van der Waals surface area contributed by atoms with Gasteiger partial charge in [0.05, 0.1) is 6.61 Å². The highest BCUT2D eigenvalue weighted by molar-refractivity contribution is 5.85. The third kappa shape index (κ3) is 3.61. The highest BCUT2D eigenvalue weighted by atomic mass is 19.1. The quantitative estimate of drug-likeness (QED) is 0.829. The largest absolute Gasteiger partial charge is 0.368 e. The minimum absolute atomic E-state index is 0.172. The van der Waals surface area contributed by atoms with Crippen LogP contribution in [0.1, 0.15) is 18.9 Å². The molecule has 0 N–H and O–H groups in total. The summed E-state index contributed by atoms with van der Waals surface area (Å²) < 4.78 is 32.5. The zero-order valence-electron chi connectivity index (χ0n) is 11.6. The minimum atomic E-state index is -0.681. The number of ether oxygens (including phenoxy) is 1. The maximum Gasteiger partial charge on any atom is 0.167 e. The molecule has 0 saturated carbocycles. The van der Waals surface area contributed by atoms with E-state index in [1.165, 1.54) is 6.07 Å². The van der Waals surface area contributed by atoms with Crippen LogP contribution in [-0.4, -0.2) is 43.0 Å². The zero-order valence-corrected chi connectivity index (χ0v) is 11.6. The lowest BCUT2D eigenvalue weighted by Gasteiger charge is -2.31. The Labute approximate surface area is 117 Å². The summed E-state index contributed by atoms with van der Waals surface area (Å²) in [6, 6.07) is 3.62. The number of carbonyl (C=O) groups excluding carboxylic acids is 1. The van der Waals surface area contributed by atoms with Gasteiger partial charge in [0, 0.05) is 25.1 Å². The van der Waals surface area contributed by atoms with Crippen molar-refractivity contribution < 1.29 is 18.3 Å². The van der Waals surface area contributed by atoms with Crippen molar-refractivity contribution in [3.63, 3.8) is 0 Å². The standard InChI is InChI=1S/C15H19F2NO2/c1-2-6-18-7-8-20-15(10-18)14(19)9-11-12(16)4-3-5-13(11)17/h3-5,15H,2,6-10H2,1H3. The van der Waals surface area contributed by atoms with Crippen LogP contribution >= 0.6 is 0 Å². The monoisotopic (exact) mass is 283 g/mol. The molecule has 3 nitrogen and oxygen atoms in total. The average Bonchev–Trinajstić information content (AvgIpc) is 2.43. The third-order valence-corrected chi connectivity index (χ3v) is 3.46. The van der Waals surface area contributed by atoms with Crippen LogP contribution in [0.15, 0.2) is 18.2 Å². The van der Waals surface area contributed by atoms with Gasteiger partial charge in [0.15, 0.2) is 5.78 Å². The number of nitrogens with zero attached hydrogens (tertiary/aromatic N) is 1. The van der Waals surface area contributed by atoms with Crippen LogP contribution in [-0.2, 0) is 16.0 Å². The number of morpholine rings is 1. The summed E-state index contributed by atoms with van der Waals surface area (Å²) >= 11 is 0. The molecule has 110 valence electrons. The molecule has 1 aromatic carbocycles. The fraction of sp³-hybridized carbons (Fsp3) is 0.533. The van der Waals surface area contributed by atoms with E-state index >= 15 is 0 Å². The molecule has 0 bridgehead atoms. The van der Waals surface area contributed by atoms with Gasteiger partial charge < -0.3 is 4.74 Å². The van der Waals surface area contributed by atoms with Gasteiger partial charge in [-0.25, -0.2) is 8.78 Å². The molecule has 1 aliphatic rings. The topological polar surface area (TPSA) is 29.5 Å². The predicted molar refractivity (Wildman–Crippen MR) is 71.5 cm³/mol. The molecule has 5 heteroatoms. The van der Waals surface area contributed by atoms with Crippen molar-refractivity contribution in [2.75, 3.05) is 26.2 Å². The second-order valence-electron chi connectivity index (χ2n) is 5.00. The van der Waals surface area contributed by atoms with E-state index in [9.17, 15) is 13.6 Å². The number of benzene rings is 1. The van der Waals surface area contributed by atoms with Gasteiger partial charge in [-0.15, -0.1) is 0 Å². The summed E-state index contributed by atoms with van der Waals surface area (Å²) in [6.07, 6.45) is 0.153. The van der Waals surface area contributed by atoms with Gasteiger partial charge in [0.2, 0.25) is 0 Å². The van der Waals surface area contributed by atoms with Crippen LogP contribution in [0.25, 0.3) is 0 Å². The van der Waals surface area contributed by atoms with E-state index in [0.29, 0.717) is 13.2 Å². The maximum absolute atomic E-state index is 13.5. The molecule has 0 aromatic heterocycles. The number of halogens is 2. The van der Waals surface area contributed by atoms with Crippen molar-refractivity contribution in [3.05, 3.63) is 35.4 Å². The Morgan fingerprint density at radius 1 is 1.40 bits per heavy atom. The van der Waals surface area contributed by atoms with Crippen molar-refractivity contribution in [1.82, 2.24) is 4.90 Å². The lowest BCUT2D eigenvalue weighted by atomic mass is 10.0. The zero-order chi connectivity index (χ0) is 14.5. The van der Waals surface area contributed by atoms with Crippen molar-refractivity contribution in [3.8, 4) is 0 Å². The summed E-state index contributed by atoms with van der Waals surface area (Å²) in [7, 11) is 0. The van der Waals surface area contributed by atoms with Crippen molar-refractivity contribution in [2.24, 2.45) is 0 Å². The van der Waals surface area contributed by atoms with Gasteiger partial charge in [0.1, 0.15) is 17.7 Å². The van der Waals surface area contributed by atoms with E-state index in [4.69, 9.17) is 4.74 Å². The lowest BCUT2D eigenvalue weighted by Crippen LogP contribution is -2.46. The Hall–Kier alpha value is -1.33. The molecule has 1 fully saturated rings. The second kappa shape index (κ2) is 6.90. The molecule has 20 heavy (non-hydrogen) atoms. The Bertz CT molecular complexity index is 457. The average molecular weight is 283 g/mol. The number of hydrogen-bond donors (Lipinski definition) is 0. The van der Waals surface area contributed by atoms with Crippen LogP contribution in [0.2, 0.25) is 0 Å². The summed E-state index contributed by atoms with van der Waals surface area (Å²) in [6.45, 7) is 4.76. The molecular formula is C15H19F2NO2. The molecule has 1 aromatic rings. The SMILES string of the molecule is CCCN1CCOC(C(=O)Cc2c(F)cccc2F)C1. The van der Waals surface area contributed by atoms with Crippen LogP contribution in [0.3, 0.4) is 0 Å². The highest BCUT2D eigenvalue weighted by Crippen LogP contribution is 2.16. The van der Waals surface area contributed by atoms with E-state index in [1.807, 2.05) is 0 Å². The number of Topliss-reactive ketones (excluding diaryl/α,β-unsaturated/α-hetero) is 1. The van der Waals surface area contributed by atoms with Crippen LogP contribution in [0.5, 0.6) is 0 Å². The predicted octanol–water partition coefficient (Wildman–Crippen LogP) is 2.19. The number of carbonyl (C=O) groups is 1. The summed E-state index contributed by atoms with van der Waals surface area (Å²) in [4.78, 5) is 14.3. The van der Waals surface area contributed by atoms with Gasteiger partial charge in [-0.1, -0.05) is 13.0 Å². The number of ketones is 1. The molecule has 0 spiro atoms. The van der Waals surface area contributed by atoms with Crippen molar-refractivity contribution in [1.29, 1.82) is 0 Å². The Balaban J connectivity index is 2.01. The first-order valence-corrected chi connectivity index (χ1v) is 6.91. The molecule has 1 saturated heterocycles. The Morgan fingerprint density at radius 3 is 2.75 bits per heavy atom. The van der Waals surface area contributed by atoms with E-state index in [1.54, 1.807) is 0 Å². The van der Waals surface area contributed by atoms with Crippen LogP contribution < -0.4 is 0 Å². The van der Waals surface area contributed by atoms with E-state index in [0.717, 1.165) is 31.6 Å². The van der Waals surface area contributed by atoms with Crippen molar-refractivity contribution in [2.45, 2.75) is 25.9 Å². The third-order valence-electron chi connectivity index (χ3n) is 3.46. The number of rotatable bonds is 5. The maximum atomic E-state index is 13.5. The molecule has 0 radical (unpaired) electrons.